The Morgan fingerprint density at radius 2 is 1.97 bits per heavy atom. The highest BCUT2D eigenvalue weighted by atomic mass is 35.5. The molecule has 0 unspecified atom stereocenters. The van der Waals surface area contributed by atoms with Crippen molar-refractivity contribution in [3.63, 3.8) is 0 Å². The molecule has 0 radical (unpaired) electrons. The van der Waals surface area contributed by atoms with Crippen molar-refractivity contribution in [2.45, 2.75) is 0 Å². The quantitative estimate of drug-likeness (QED) is 0.413. The Morgan fingerprint density at radius 1 is 1.13 bits per heavy atom. The largest absolute Gasteiger partial charge is 0.486 e. The average Bonchev–Trinajstić information content (AvgIpc) is 3.33. The number of aromatic nitrogens is 3. The summed E-state index contributed by atoms with van der Waals surface area (Å²) in [5.41, 5.74) is 2.36. The Labute approximate surface area is 190 Å². The summed E-state index contributed by atoms with van der Waals surface area (Å²) in [6.07, 6.45) is 3.10. The fraction of sp³-hybridized carbons (Fsp3) is 0.0952. The van der Waals surface area contributed by atoms with E-state index in [0.717, 1.165) is 16.8 Å². The van der Waals surface area contributed by atoms with E-state index in [1.54, 1.807) is 22.7 Å². The topological polar surface area (TPSA) is 77.8 Å². The van der Waals surface area contributed by atoms with Crippen LogP contribution in [0, 0.1) is 0 Å². The molecular formula is C21H14Cl2N4O3S. The third kappa shape index (κ3) is 4.10. The maximum absolute atomic E-state index is 12.3. The number of hydrogen-bond acceptors (Lipinski definition) is 6. The molecule has 7 nitrogen and oxygen atoms in total. The lowest BCUT2D eigenvalue weighted by molar-refractivity contribution is -0.111. The number of carbonyl (C=O) groups is 1. The number of amides is 1. The molecular weight excluding hydrogens is 459 g/mol. The molecule has 156 valence electrons. The van der Waals surface area contributed by atoms with Gasteiger partial charge in [0.2, 0.25) is 4.96 Å². The van der Waals surface area contributed by atoms with Gasteiger partial charge in [0.05, 0.1) is 10.7 Å². The molecule has 5 rings (SSSR count). The fourth-order valence-electron chi connectivity index (χ4n) is 3.10. The summed E-state index contributed by atoms with van der Waals surface area (Å²) in [7, 11) is 0. The lowest BCUT2D eigenvalue weighted by atomic mass is 10.2. The van der Waals surface area contributed by atoms with Crippen LogP contribution in [0.5, 0.6) is 11.5 Å². The minimum Gasteiger partial charge on any atom is -0.486 e. The third-order valence-electron chi connectivity index (χ3n) is 4.52. The number of thiazole rings is 1. The van der Waals surface area contributed by atoms with E-state index < -0.39 is 0 Å². The standard InChI is InChI=1S/C21H14Cl2N4O3S/c22-13-3-4-14(15(23)10-13)16-11-31-21-25-20(26-27(16)21)24-19(28)6-2-12-1-5-17-18(9-12)30-8-7-29-17/h1-6,9-11H,7-8H2,(H,24,26,28)/b6-2-. The highest BCUT2D eigenvalue weighted by Gasteiger charge is 2.15. The Bertz CT molecular complexity index is 1330. The van der Waals surface area contributed by atoms with Crippen molar-refractivity contribution >= 4 is 57.4 Å². The minimum absolute atomic E-state index is 0.204. The summed E-state index contributed by atoms with van der Waals surface area (Å²) >= 11 is 13.7. The highest BCUT2D eigenvalue weighted by Crippen LogP contribution is 2.33. The maximum Gasteiger partial charge on any atom is 0.250 e. The number of benzene rings is 2. The van der Waals surface area contributed by atoms with Crippen molar-refractivity contribution in [2.24, 2.45) is 0 Å². The van der Waals surface area contributed by atoms with E-state index in [0.29, 0.717) is 39.7 Å². The molecule has 0 bridgehead atoms. The molecule has 2 aromatic heterocycles. The van der Waals surface area contributed by atoms with Gasteiger partial charge in [-0.15, -0.1) is 16.4 Å². The zero-order valence-corrected chi connectivity index (χ0v) is 18.2. The molecule has 1 aliphatic heterocycles. The number of fused-ring (bicyclic) bond motifs is 2. The van der Waals surface area contributed by atoms with E-state index in [9.17, 15) is 4.79 Å². The molecule has 1 aliphatic rings. The van der Waals surface area contributed by atoms with Crippen LogP contribution >= 0.6 is 34.5 Å². The number of nitrogens with one attached hydrogen (secondary N) is 1. The summed E-state index contributed by atoms with van der Waals surface area (Å²) in [6.45, 7) is 1.04. The predicted octanol–water partition coefficient (Wildman–Crippen LogP) is 5.19. The Hall–Kier alpha value is -3.07. The molecule has 3 heterocycles. The Kier molecular flexibility index (Phi) is 5.27. The van der Waals surface area contributed by atoms with Crippen LogP contribution in [0.25, 0.3) is 22.3 Å². The van der Waals surface area contributed by atoms with Gasteiger partial charge < -0.3 is 9.47 Å². The lowest BCUT2D eigenvalue weighted by Crippen LogP contribution is -2.15. The van der Waals surface area contributed by atoms with Crippen molar-refractivity contribution in [2.75, 3.05) is 18.5 Å². The number of nitrogens with zero attached hydrogens (tertiary/aromatic N) is 3. The first kappa shape index (κ1) is 19.9. The van der Waals surface area contributed by atoms with Gasteiger partial charge >= 0.3 is 0 Å². The number of carbonyl (C=O) groups excluding carboxylic acids is 1. The first-order valence-electron chi connectivity index (χ1n) is 9.25. The number of halogens is 2. The molecule has 0 saturated carbocycles. The minimum atomic E-state index is -0.348. The van der Waals surface area contributed by atoms with E-state index in [-0.39, 0.29) is 11.9 Å². The zero-order valence-electron chi connectivity index (χ0n) is 15.8. The number of anilines is 1. The molecule has 4 aromatic rings. The summed E-state index contributed by atoms with van der Waals surface area (Å²) in [4.78, 5) is 17.3. The van der Waals surface area contributed by atoms with Crippen LogP contribution in [0.4, 0.5) is 5.95 Å². The average molecular weight is 473 g/mol. The second-order valence-corrected chi connectivity index (χ2v) is 8.28. The van der Waals surface area contributed by atoms with Gasteiger partial charge in [0, 0.05) is 22.0 Å². The van der Waals surface area contributed by atoms with Crippen LogP contribution in [0.3, 0.4) is 0 Å². The van der Waals surface area contributed by atoms with Crippen molar-refractivity contribution in [1.29, 1.82) is 0 Å². The molecule has 0 saturated heterocycles. The van der Waals surface area contributed by atoms with Gasteiger partial charge in [0.15, 0.2) is 11.5 Å². The summed E-state index contributed by atoms with van der Waals surface area (Å²) < 4.78 is 12.7. The molecule has 0 atom stereocenters. The number of ether oxygens (including phenoxy) is 2. The molecule has 0 spiro atoms. The van der Waals surface area contributed by atoms with Gasteiger partial charge in [-0.2, -0.15) is 4.98 Å². The summed E-state index contributed by atoms with van der Waals surface area (Å²) in [6, 6.07) is 10.7. The van der Waals surface area contributed by atoms with Crippen LogP contribution in [-0.4, -0.2) is 33.7 Å². The van der Waals surface area contributed by atoms with E-state index in [1.807, 2.05) is 29.6 Å². The van der Waals surface area contributed by atoms with Crippen LogP contribution in [0.1, 0.15) is 5.56 Å². The second kappa shape index (κ2) is 8.22. The molecule has 0 fully saturated rings. The van der Waals surface area contributed by atoms with E-state index in [4.69, 9.17) is 32.7 Å². The van der Waals surface area contributed by atoms with Crippen molar-refractivity contribution in [3.8, 4) is 22.8 Å². The molecule has 31 heavy (non-hydrogen) atoms. The van der Waals surface area contributed by atoms with Gasteiger partial charge in [-0.25, -0.2) is 4.52 Å². The van der Waals surface area contributed by atoms with Gasteiger partial charge in [-0.3, -0.25) is 10.1 Å². The number of hydrogen-bond donors (Lipinski definition) is 1. The third-order valence-corrected chi connectivity index (χ3v) is 5.88. The SMILES string of the molecule is O=C(/C=C\c1ccc2c(c1)OCCO2)Nc1nc2scc(-c3ccc(Cl)cc3Cl)n2n1. The van der Waals surface area contributed by atoms with Crippen LogP contribution < -0.4 is 14.8 Å². The lowest BCUT2D eigenvalue weighted by Gasteiger charge is -2.18. The first-order valence-corrected chi connectivity index (χ1v) is 10.9. The van der Waals surface area contributed by atoms with Gasteiger partial charge in [0.25, 0.3) is 11.9 Å². The maximum atomic E-state index is 12.3. The van der Waals surface area contributed by atoms with E-state index in [1.165, 1.54) is 17.4 Å². The fourth-order valence-corrected chi connectivity index (χ4v) is 4.43. The highest BCUT2D eigenvalue weighted by molar-refractivity contribution is 7.15. The molecule has 0 aliphatic carbocycles. The van der Waals surface area contributed by atoms with Crippen LogP contribution in [0.2, 0.25) is 10.0 Å². The van der Waals surface area contributed by atoms with Gasteiger partial charge in [-0.05, 0) is 42.0 Å². The summed E-state index contributed by atoms with van der Waals surface area (Å²) in [5, 5.41) is 10.0. The molecule has 10 heteroatoms. The van der Waals surface area contributed by atoms with Gasteiger partial charge in [-0.1, -0.05) is 29.3 Å². The molecule has 1 N–H and O–H groups in total. The normalized spacial score (nSPS) is 13.1. The molecule has 1 amide bonds. The van der Waals surface area contributed by atoms with E-state index >= 15 is 0 Å². The monoisotopic (exact) mass is 472 g/mol. The van der Waals surface area contributed by atoms with Crippen molar-refractivity contribution < 1.29 is 14.3 Å². The van der Waals surface area contributed by atoms with Crippen molar-refractivity contribution in [1.82, 2.24) is 14.6 Å². The van der Waals surface area contributed by atoms with Crippen molar-refractivity contribution in [3.05, 3.63) is 63.5 Å². The Balaban J connectivity index is 1.33. The molecule has 2 aromatic carbocycles. The van der Waals surface area contributed by atoms with E-state index in [2.05, 4.69) is 15.4 Å². The zero-order chi connectivity index (χ0) is 21.4. The first-order chi connectivity index (χ1) is 15.1. The second-order valence-electron chi connectivity index (χ2n) is 6.60. The number of rotatable bonds is 4. The van der Waals surface area contributed by atoms with Crippen LogP contribution in [-0.2, 0) is 4.79 Å². The predicted molar refractivity (Wildman–Crippen MR) is 121 cm³/mol. The summed E-state index contributed by atoms with van der Waals surface area (Å²) in [5.74, 6) is 1.22. The van der Waals surface area contributed by atoms with Gasteiger partial charge in [0.1, 0.15) is 13.2 Å². The van der Waals surface area contributed by atoms with Crippen LogP contribution in [0.15, 0.2) is 47.9 Å². The smallest absolute Gasteiger partial charge is 0.250 e. The Morgan fingerprint density at radius 3 is 2.81 bits per heavy atom.